The average molecular weight is 213 g/mol. The third-order valence-corrected chi connectivity index (χ3v) is 2.28. The van der Waals surface area contributed by atoms with Gasteiger partial charge in [-0.3, -0.25) is 0 Å². The molecule has 0 amide bonds. The maximum absolute atomic E-state index is 13.3. The van der Waals surface area contributed by atoms with Gasteiger partial charge >= 0.3 is 0 Å². The van der Waals surface area contributed by atoms with Gasteiger partial charge in [-0.1, -0.05) is 0 Å². The van der Waals surface area contributed by atoms with E-state index >= 15 is 0 Å². The van der Waals surface area contributed by atoms with E-state index in [0.717, 1.165) is 0 Å². The lowest BCUT2D eigenvalue weighted by Crippen LogP contribution is -2.27. The molecule has 1 aromatic carbocycles. The van der Waals surface area contributed by atoms with E-state index in [-0.39, 0.29) is 18.5 Å². The molecule has 0 saturated carbocycles. The Kier molecular flexibility index (Phi) is 4.05. The Hall–Kier alpha value is -1.13. The van der Waals surface area contributed by atoms with E-state index in [9.17, 15) is 4.39 Å². The zero-order valence-electron chi connectivity index (χ0n) is 8.96. The quantitative estimate of drug-likeness (QED) is 0.784. The SMILES string of the molecule is COc1cc(C)c(F)cc1CC(N)CO. The molecule has 15 heavy (non-hydrogen) atoms. The summed E-state index contributed by atoms with van der Waals surface area (Å²) in [6.07, 6.45) is 0.400. The second kappa shape index (κ2) is 5.09. The fourth-order valence-electron chi connectivity index (χ4n) is 1.39. The van der Waals surface area contributed by atoms with Crippen LogP contribution < -0.4 is 10.5 Å². The Morgan fingerprint density at radius 3 is 2.73 bits per heavy atom. The third kappa shape index (κ3) is 2.91. The summed E-state index contributed by atoms with van der Waals surface area (Å²) in [4.78, 5) is 0. The smallest absolute Gasteiger partial charge is 0.126 e. The van der Waals surface area contributed by atoms with Gasteiger partial charge in [0.2, 0.25) is 0 Å². The highest BCUT2D eigenvalue weighted by Crippen LogP contribution is 2.23. The fraction of sp³-hybridized carbons (Fsp3) is 0.455. The molecule has 0 bridgehead atoms. The highest BCUT2D eigenvalue weighted by Gasteiger charge is 2.11. The highest BCUT2D eigenvalue weighted by molar-refractivity contribution is 5.38. The Morgan fingerprint density at radius 1 is 1.53 bits per heavy atom. The van der Waals surface area contributed by atoms with Crippen LogP contribution in [0.2, 0.25) is 0 Å². The number of halogens is 1. The third-order valence-electron chi connectivity index (χ3n) is 2.28. The number of hydrogen-bond donors (Lipinski definition) is 2. The number of aliphatic hydroxyl groups is 1. The molecule has 84 valence electrons. The van der Waals surface area contributed by atoms with Gasteiger partial charge in [-0.15, -0.1) is 0 Å². The maximum atomic E-state index is 13.3. The van der Waals surface area contributed by atoms with Crippen molar-refractivity contribution in [2.45, 2.75) is 19.4 Å². The summed E-state index contributed by atoms with van der Waals surface area (Å²) in [5, 5.41) is 8.82. The van der Waals surface area contributed by atoms with Gasteiger partial charge in [0.15, 0.2) is 0 Å². The predicted octanol–water partition coefficient (Wildman–Crippen LogP) is 1.00. The van der Waals surface area contributed by atoms with E-state index in [1.54, 1.807) is 13.0 Å². The normalized spacial score (nSPS) is 12.6. The van der Waals surface area contributed by atoms with Crippen LogP contribution in [0.5, 0.6) is 5.75 Å². The van der Waals surface area contributed by atoms with Crippen molar-refractivity contribution in [2.75, 3.05) is 13.7 Å². The summed E-state index contributed by atoms with van der Waals surface area (Å²) >= 11 is 0. The van der Waals surface area contributed by atoms with E-state index in [1.165, 1.54) is 13.2 Å². The molecule has 0 aliphatic carbocycles. The van der Waals surface area contributed by atoms with Gasteiger partial charge in [-0.25, -0.2) is 4.39 Å². The van der Waals surface area contributed by atoms with E-state index in [2.05, 4.69) is 0 Å². The number of aliphatic hydroxyl groups excluding tert-OH is 1. The number of nitrogens with two attached hydrogens (primary N) is 1. The molecule has 3 nitrogen and oxygen atoms in total. The molecular weight excluding hydrogens is 197 g/mol. The molecule has 0 spiro atoms. The zero-order chi connectivity index (χ0) is 11.4. The highest BCUT2D eigenvalue weighted by atomic mass is 19.1. The Balaban J connectivity index is 2.99. The van der Waals surface area contributed by atoms with Gasteiger partial charge in [-0.05, 0) is 36.6 Å². The van der Waals surface area contributed by atoms with Crippen LogP contribution in [-0.4, -0.2) is 24.9 Å². The van der Waals surface area contributed by atoms with E-state index in [0.29, 0.717) is 23.3 Å². The molecule has 1 unspecified atom stereocenters. The average Bonchev–Trinajstić information content (AvgIpc) is 2.22. The first-order valence-corrected chi connectivity index (χ1v) is 4.78. The number of aryl methyl sites for hydroxylation is 1. The van der Waals surface area contributed by atoms with Crippen molar-refractivity contribution in [1.82, 2.24) is 0 Å². The Morgan fingerprint density at radius 2 is 2.20 bits per heavy atom. The van der Waals surface area contributed by atoms with Gasteiger partial charge in [0.05, 0.1) is 13.7 Å². The molecule has 1 aromatic rings. The fourth-order valence-corrected chi connectivity index (χ4v) is 1.39. The molecule has 0 fully saturated rings. The first-order chi connectivity index (χ1) is 7.08. The van der Waals surface area contributed by atoms with Gasteiger partial charge < -0.3 is 15.6 Å². The Labute approximate surface area is 88.7 Å². The van der Waals surface area contributed by atoms with Crippen LogP contribution in [-0.2, 0) is 6.42 Å². The van der Waals surface area contributed by atoms with Gasteiger partial charge in [0.25, 0.3) is 0 Å². The number of rotatable bonds is 4. The second-order valence-corrected chi connectivity index (χ2v) is 3.56. The molecular formula is C11H16FNO2. The maximum Gasteiger partial charge on any atom is 0.126 e. The molecule has 0 aliphatic heterocycles. The monoisotopic (exact) mass is 213 g/mol. The van der Waals surface area contributed by atoms with Crippen LogP contribution in [0, 0.1) is 12.7 Å². The molecule has 1 rings (SSSR count). The minimum atomic E-state index is -0.388. The number of ether oxygens (including phenoxy) is 1. The summed E-state index contributed by atoms with van der Waals surface area (Å²) in [6.45, 7) is 1.55. The summed E-state index contributed by atoms with van der Waals surface area (Å²) in [6, 6.07) is 2.65. The molecule has 0 saturated heterocycles. The largest absolute Gasteiger partial charge is 0.496 e. The van der Waals surface area contributed by atoms with E-state index < -0.39 is 0 Å². The van der Waals surface area contributed by atoms with Gasteiger partial charge in [-0.2, -0.15) is 0 Å². The second-order valence-electron chi connectivity index (χ2n) is 3.56. The molecule has 1 atom stereocenters. The summed E-state index contributed by atoms with van der Waals surface area (Å²) < 4.78 is 18.4. The van der Waals surface area contributed by atoms with Crippen molar-refractivity contribution in [3.05, 3.63) is 29.1 Å². The van der Waals surface area contributed by atoms with Gasteiger partial charge in [0.1, 0.15) is 11.6 Å². The van der Waals surface area contributed by atoms with E-state index in [1.807, 2.05) is 0 Å². The lowest BCUT2D eigenvalue weighted by molar-refractivity contribution is 0.264. The molecule has 0 aromatic heterocycles. The van der Waals surface area contributed by atoms with Gasteiger partial charge in [0, 0.05) is 6.04 Å². The first kappa shape index (κ1) is 11.9. The number of benzene rings is 1. The lowest BCUT2D eigenvalue weighted by Gasteiger charge is -2.13. The van der Waals surface area contributed by atoms with Crippen molar-refractivity contribution >= 4 is 0 Å². The van der Waals surface area contributed by atoms with Crippen LogP contribution in [0.25, 0.3) is 0 Å². The van der Waals surface area contributed by atoms with Crippen molar-refractivity contribution < 1.29 is 14.2 Å². The number of methoxy groups -OCH3 is 1. The van der Waals surface area contributed by atoms with Crippen molar-refractivity contribution in [1.29, 1.82) is 0 Å². The Bertz CT molecular complexity index is 342. The minimum Gasteiger partial charge on any atom is -0.496 e. The molecule has 4 heteroatoms. The predicted molar refractivity (Wildman–Crippen MR) is 56.5 cm³/mol. The van der Waals surface area contributed by atoms with Crippen LogP contribution in [0.1, 0.15) is 11.1 Å². The first-order valence-electron chi connectivity index (χ1n) is 4.78. The van der Waals surface area contributed by atoms with Crippen LogP contribution >= 0.6 is 0 Å². The summed E-state index contributed by atoms with van der Waals surface area (Å²) in [5.74, 6) is 0.328. The van der Waals surface area contributed by atoms with Crippen molar-refractivity contribution in [3.8, 4) is 5.75 Å². The topological polar surface area (TPSA) is 55.5 Å². The summed E-state index contributed by atoms with van der Waals surface area (Å²) in [5.41, 5.74) is 6.81. The summed E-state index contributed by atoms with van der Waals surface area (Å²) in [7, 11) is 1.53. The van der Waals surface area contributed by atoms with Crippen LogP contribution in [0.15, 0.2) is 12.1 Å². The molecule has 0 aliphatic rings. The minimum absolute atomic E-state index is 0.126. The molecule has 0 heterocycles. The standard InChI is InChI=1S/C11H16FNO2/c1-7-3-11(15-2)8(5-10(7)12)4-9(13)6-14/h3,5,9,14H,4,6,13H2,1-2H3. The number of hydrogen-bond acceptors (Lipinski definition) is 3. The lowest BCUT2D eigenvalue weighted by atomic mass is 10.0. The molecule has 3 N–H and O–H groups in total. The van der Waals surface area contributed by atoms with Crippen LogP contribution in [0.3, 0.4) is 0 Å². The van der Waals surface area contributed by atoms with Crippen LogP contribution in [0.4, 0.5) is 4.39 Å². The zero-order valence-corrected chi connectivity index (χ0v) is 8.96. The van der Waals surface area contributed by atoms with E-state index in [4.69, 9.17) is 15.6 Å². The molecule has 0 radical (unpaired) electrons. The van der Waals surface area contributed by atoms with Crippen molar-refractivity contribution in [2.24, 2.45) is 5.73 Å². The van der Waals surface area contributed by atoms with Crippen molar-refractivity contribution in [3.63, 3.8) is 0 Å².